The topological polar surface area (TPSA) is 80.9 Å². The van der Waals surface area contributed by atoms with E-state index in [-0.39, 0.29) is 10.8 Å². The molecule has 0 unspecified atom stereocenters. The van der Waals surface area contributed by atoms with Crippen molar-refractivity contribution in [1.82, 2.24) is 19.7 Å². The monoisotopic (exact) mass is 252 g/mol. The summed E-state index contributed by atoms with van der Waals surface area (Å²) in [5.41, 5.74) is 1.74. The van der Waals surface area contributed by atoms with E-state index >= 15 is 0 Å². The number of nitrogens with zero attached hydrogens (tertiary/aromatic N) is 4. The summed E-state index contributed by atoms with van der Waals surface area (Å²) in [4.78, 5) is 18.6. The van der Waals surface area contributed by atoms with E-state index in [2.05, 4.69) is 15.1 Å². The molecule has 88 valence electrons. The van der Waals surface area contributed by atoms with Crippen molar-refractivity contribution < 1.29 is 9.90 Å². The molecule has 0 amide bonds. The Bertz CT molecular complexity index is 567. The molecule has 0 aliphatic carbocycles. The lowest BCUT2D eigenvalue weighted by Gasteiger charge is -2.04. The number of hydrogen-bond acceptors (Lipinski definition) is 4. The lowest BCUT2D eigenvalue weighted by Crippen LogP contribution is -2.04. The van der Waals surface area contributed by atoms with Crippen LogP contribution in [0.1, 0.15) is 21.6 Å². The van der Waals surface area contributed by atoms with Gasteiger partial charge in [-0.2, -0.15) is 5.10 Å². The van der Waals surface area contributed by atoms with Crippen molar-refractivity contribution >= 4 is 17.6 Å². The maximum Gasteiger partial charge on any atom is 0.338 e. The molecule has 2 aromatic heterocycles. The van der Waals surface area contributed by atoms with Crippen LogP contribution in [0.3, 0.4) is 0 Å². The van der Waals surface area contributed by atoms with Gasteiger partial charge in [-0.1, -0.05) is 0 Å². The summed E-state index contributed by atoms with van der Waals surface area (Å²) in [5.74, 6) is -1.000. The van der Waals surface area contributed by atoms with Gasteiger partial charge in [0.2, 0.25) is 5.28 Å². The maximum absolute atomic E-state index is 10.7. The molecule has 0 bridgehead atoms. The van der Waals surface area contributed by atoms with Gasteiger partial charge in [0.15, 0.2) is 0 Å². The SMILES string of the molecule is Cc1nc(Cl)ncc1Cn1cc(C(=O)O)cn1. The second-order valence-corrected chi connectivity index (χ2v) is 3.82. The van der Waals surface area contributed by atoms with Gasteiger partial charge in [0, 0.05) is 23.7 Å². The first-order valence-electron chi connectivity index (χ1n) is 4.80. The summed E-state index contributed by atoms with van der Waals surface area (Å²) >= 11 is 5.64. The summed E-state index contributed by atoms with van der Waals surface area (Å²) in [6, 6.07) is 0. The number of aromatic carboxylic acids is 1. The lowest BCUT2D eigenvalue weighted by atomic mass is 10.2. The lowest BCUT2D eigenvalue weighted by molar-refractivity contribution is 0.0697. The van der Waals surface area contributed by atoms with Gasteiger partial charge < -0.3 is 5.11 Å². The number of carbonyl (C=O) groups is 1. The Morgan fingerprint density at radius 2 is 2.29 bits per heavy atom. The van der Waals surface area contributed by atoms with Crippen LogP contribution in [0.15, 0.2) is 18.6 Å². The Morgan fingerprint density at radius 1 is 1.53 bits per heavy atom. The third kappa shape index (κ3) is 2.59. The van der Waals surface area contributed by atoms with Crippen LogP contribution in [0.25, 0.3) is 0 Å². The molecular formula is C10H9ClN4O2. The molecule has 0 saturated heterocycles. The van der Waals surface area contributed by atoms with Crippen molar-refractivity contribution in [2.24, 2.45) is 0 Å². The molecule has 1 N–H and O–H groups in total. The van der Waals surface area contributed by atoms with Gasteiger partial charge in [0.05, 0.1) is 18.3 Å². The van der Waals surface area contributed by atoms with Crippen molar-refractivity contribution in [2.75, 3.05) is 0 Å². The Kier molecular flexibility index (Phi) is 3.06. The highest BCUT2D eigenvalue weighted by Gasteiger charge is 2.08. The second-order valence-electron chi connectivity index (χ2n) is 3.48. The minimum atomic E-state index is -1.000. The molecule has 6 nitrogen and oxygen atoms in total. The third-order valence-corrected chi connectivity index (χ3v) is 2.45. The summed E-state index contributed by atoms with van der Waals surface area (Å²) in [6.07, 6.45) is 4.36. The molecule has 7 heteroatoms. The van der Waals surface area contributed by atoms with E-state index in [9.17, 15) is 4.79 Å². The van der Waals surface area contributed by atoms with E-state index in [4.69, 9.17) is 16.7 Å². The zero-order valence-corrected chi connectivity index (χ0v) is 9.72. The molecular weight excluding hydrogens is 244 g/mol. The summed E-state index contributed by atoms with van der Waals surface area (Å²) in [5, 5.41) is 12.9. The third-order valence-electron chi connectivity index (χ3n) is 2.26. The van der Waals surface area contributed by atoms with E-state index in [1.54, 1.807) is 6.20 Å². The minimum Gasteiger partial charge on any atom is -0.478 e. The van der Waals surface area contributed by atoms with Crippen molar-refractivity contribution in [3.63, 3.8) is 0 Å². The van der Waals surface area contributed by atoms with Gasteiger partial charge in [0.25, 0.3) is 0 Å². The van der Waals surface area contributed by atoms with Crippen molar-refractivity contribution in [3.8, 4) is 0 Å². The van der Waals surface area contributed by atoms with Crippen LogP contribution < -0.4 is 0 Å². The van der Waals surface area contributed by atoms with Crippen LogP contribution in [0.4, 0.5) is 0 Å². The Morgan fingerprint density at radius 3 is 2.88 bits per heavy atom. The van der Waals surface area contributed by atoms with Crippen LogP contribution in [0.2, 0.25) is 5.28 Å². The van der Waals surface area contributed by atoms with Crippen LogP contribution in [0, 0.1) is 6.92 Å². The predicted octanol–water partition coefficient (Wildman–Crippen LogP) is 1.38. The van der Waals surface area contributed by atoms with Gasteiger partial charge in [-0.25, -0.2) is 14.8 Å². The van der Waals surface area contributed by atoms with Gasteiger partial charge >= 0.3 is 5.97 Å². The first-order valence-corrected chi connectivity index (χ1v) is 5.18. The molecule has 17 heavy (non-hydrogen) atoms. The molecule has 0 aliphatic heterocycles. The molecule has 0 radical (unpaired) electrons. The van der Waals surface area contributed by atoms with Crippen LogP contribution >= 0.6 is 11.6 Å². The largest absolute Gasteiger partial charge is 0.478 e. The quantitative estimate of drug-likeness (QED) is 0.835. The highest BCUT2D eigenvalue weighted by atomic mass is 35.5. The zero-order valence-electron chi connectivity index (χ0n) is 8.96. The summed E-state index contributed by atoms with van der Waals surface area (Å²) < 4.78 is 1.52. The zero-order chi connectivity index (χ0) is 12.4. The van der Waals surface area contributed by atoms with Crippen LogP contribution in [-0.2, 0) is 6.54 Å². The molecule has 0 spiro atoms. The first-order chi connectivity index (χ1) is 8.06. The number of aryl methyl sites for hydroxylation is 1. The number of carboxylic acids is 1. The standard InChI is InChI=1S/C10H9ClN4O2/c1-6-7(2-12-10(11)14-6)4-15-5-8(3-13-15)9(16)17/h2-3,5H,4H2,1H3,(H,16,17). The average molecular weight is 253 g/mol. The van der Waals surface area contributed by atoms with Gasteiger partial charge in [-0.15, -0.1) is 0 Å². The van der Waals surface area contributed by atoms with Crippen molar-refractivity contribution in [2.45, 2.75) is 13.5 Å². The highest BCUT2D eigenvalue weighted by Crippen LogP contribution is 2.09. The number of aromatic nitrogens is 4. The molecule has 2 rings (SSSR count). The van der Waals surface area contributed by atoms with Crippen LogP contribution in [0.5, 0.6) is 0 Å². The van der Waals surface area contributed by atoms with E-state index < -0.39 is 5.97 Å². The number of rotatable bonds is 3. The van der Waals surface area contributed by atoms with E-state index in [0.29, 0.717) is 6.54 Å². The van der Waals surface area contributed by atoms with Crippen LogP contribution in [-0.4, -0.2) is 30.8 Å². The summed E-state index contributed by atoms with van der Waals surface area (Å²) in [7, 11) is 0. The van der Waals surface area contributed by atoms with E-state index in [0.717, 1.165) is 11.3 Å². The van der Waals surface area contributed by atoms with Gasteiger partial charge in [-0.3, -0.25) is 4.68 Å². The first kappa shape index (κ1) is 11.5. The fourth-order valence-electron chi connectivity index (χ4n) is 1.35. The number of halogens is 1. The maximum atomic E-state index is 10.7. The summed E-state index contributed by atoms with van der Waals surface area (Å²) in [6.45, 7) is 2.22. The fraction of sp³-hybridized carbons (Fsp3) is 0.200. The number of carboxylic acid groups (broad SMARTS) is 1. The smallest absolute Gasteiger partial charge is 0.338 e. The molecule has 2 heterocycles. The molecule has 0 atom stereocenters. The highest BCUT2D eigenvalue weighted by molar-refractivity contribution is 6.28. The molecule has 2 aromatic rings. The average Bonchev–Trinajstić information content (AvgIpc) is 2.71. The molecule has 0 aliphatic rings. The minimum absolute atomic E-state index is 0.150. The Hall–Kier alpha value is -1.95. The Balaban J connectivity index is 2.22. The normalized spacial score (nSPS) is 10.5. The molecule has 0 fully saturated rings. The van der Waals surface area contributed by atoms with Gasteiger partial charge in [0.1, 0.15) is 0 Å². The predicted molar refractivity (Wildman–Crippen MR) is 60.1 cm³/mol. The van der Waals surface area contributed by atoms with Crippen molar-refractivity contribution in [1.29, 1.82) is 0 Å². The van der Waals surface area contributed by atoms with E-state index in [1.807, 2.05) is 6.92 Å². The number of hydrogen-bond donors (Lipinski definition) is 1. The fourth-order valence-corrected chi connectivity index (χ4v) is 1.53. The van der Waals surface area contributed by atoms with E-state index in [1.165, 1.54) is 17.1 Å². The second kappa shape index (κ2) is 4.50. The molecule has 0 saturated carbocycles. The Labute approximate surface area is 102 Å². The van der Waals surface area contributed by atoms with Crippen molar-refractivity contribution in [3.05, 3.63) is 40.7 Å². The van der Waals surface area contributed by atoms with Gasteiger partial charge in [-0.05, 0) is 18.5 Å². The molecule has 0 aromatic carbocycles.